The molecule has 1 unspecified atom stereocenters. The summed E-state index contributed by atoms with van der Waals surface area (Å²) in [6.45, 7) is 3.20. The van der Waals surface area contributed by atoms with Crippen molar-refractivity contribution in [2.45, 2.75) is 57.8 Å². The summed E-state index contributed by atoms with van der Waals surface area (Å²) >= 11 is 0. The van der Waals surface area contributed by atoms with Crippen LogP contribution in [0.2, 0.25) is 0 Å². The summed E-state index contributed by atoms with van der Waals surface area (Å²) in [5.41, 5.74) is 2.47. The summed E-state index contributed by atoms with van der Waals surface area (Å²) in [7, 11) is -4.38. The summed E-state index contributed by atoms with van der Waals surface area (Å²) in [6, 6.07) is 8.41. The number of hydrogen-bond acceptors (Lipinski definition) is 3. The van der Waals surface area contributed by atoms with Gasteiger partial charge in [0.05, 0.1) is 0 Å². The molecule has 126 valence electrons. The van der Waals surface area contributed by atoms with Gasteiger partial charge in [-0.05, 0) is 36.9 Å². The van der Waals surface area contributed by atoms with Crippen molar-refractivity contribution in [1.82, 2.24) is 5.32 Å². The number of benzene rings is 1. The number of aliphatic hydroxyl groups excluding tert-OH is 1. The molecule has 1 aromatic rings. The van der Waals surface area contributed by atoms with Gasteiger partial charge in [-0.2, -0.15) is 0 Å². The molecule has 1 aromatic carbocycles. The smallest absolute Gasteiger partial charge is 0.353 e. The average Bonchev–Trinajstić information content (AvgIpc) is 2.48. The average molecular weight is 329 g/mol. The van der Waals surface area contributed by atoms with Gasteiger partial charge in [0.25, 0.3) is 0 Å². The van der Waals surface area contributed by atoms with E-state index in [0.29, 0.717) is 13.1 Å². The van der Waals surface area contributed by atoms with Crippen molar-refractivity contribution in [3.63, 3.8) is 0 Å². The van der Waals surface area contributed by atoms with E-state index in [1.54, 1.807) is 0 Å². The van der Waals surface area contributed by atoms with Crippen molar-refractivity contribution < 1.29 is 19.5 Å². The number of unbranched alkanes of at least 4 members (excludes halogenated alkanes) is 3. The predicted octanol–water partition coefficient (Wildman–Crippen LogP) is 2.79. The first-order valence-corrected chi connectivity index (χ1v) is 9.63. The summed E-state index contributed by atoms with van der Waals surface area (Å²) in [6.07, 6.45) is 6.21. The van der Waals surface area contributed by atoms with E-state index in [1.165, 1.54) is 31.2 Å². The normalized spacial score (nSPS) is 13.3. The first-order chi connectivity index (χ1) is 10.4. The van der Waals surface area contributed by atoms with Gasteiger partial charge in [0.2, 0.25) is 0 Å². The van der Waals surface area contributed by atoms with Crippen molar-refractivity contribution in [2.75, 3.05) is 6.54 Å². The van der Waals surface area contributed by atoms with Gasteiger partial charge in [-0.25, -0.2) is 0 Å². The Balaban J connectivity index is 2.23. The standard InChI is InChI=1S/C16H28NO4P/c1-2-3-4-5-6-14-7-9-15(10-8-14)13-17-12-11-16(18)22(19,20)21/h7-10,16-18H,2-6,11-13H2,1H3,(H2,19,20,21). The van der Waals surface area contributed by atoms with Crippen LogP contribution >= 0.6 is 7.60 Å². The van der Waals surface area contributed by atoms with Crippen LogP contribution in [0.5, 0.6) is 0 Å². The van der Waals surface area contributed by atoms with Gasteiger partial charge in [-0.1, -0.05) is 50.5 Å². The second kappa shape index (κ2) is 10.1. The molecule has 0 amide bonds. The molecular formula is C16H28NO4P. The second-order valence-corrected chi connectivity index (χ2v) is 7.44. The van der Waals surface area contributed by atoms with Crippen LogP contribution in [0, 0.1) is 0 Å². The molecule has 0 aromatic heterocycles. The molecule has 0 spiro atoms. The van der Waals surface area contributed by atoms with Crippen molar-refractivity contribution >= 4 is 7.60 Å². The molecule has 1 rings (SSSR count). The molecule has 0 saturated carbocycles. The fourth-order valence-corrected chi connectivity index (χ4v) is 2.68. The van der Waals surface area contributed by atoms with Crippen LogP contribution in [-0.4, -0.2) is 27.3 Å². The Hall–Kier alpha value is -0.710. The molecule has 1 atom stereocenters. The van der Waals surface area contributed by atoms with E-state index in [2.05, 4.69) is 36.5 Å². The largest absolute Gasteiger partial charge is 0.380 e. The molecule has 0 aliphatic heterocycles. The SMILES string of the molecule is CCCCCCc1ccc(CNCCC(O)P(=O)(O)O)cc1. The summed E-state index contributed by atoms with van der Waals surface area (Å²) < 4.78 is 10.8. The molecule has 0 fully saturated rings. The molecule has 5 nitrogen and oxygen atoms in total. The van der Waals surface area contributed by atoms with Gasteiger partial charge in [0.1, 0.15) is 0 Å². The van der Waals surface area contributed by atoms with Gasteiger partial charge < -0.3 is 20.2 Å². The van der Waals surface area contributed by atoms with Crippen LogP contribution in [0.15, 0.2) is 24.3 Å². The predicted molar refractivity (Wildman–Crippen MR) is 88.7 cm³/mol. The zero-order valence-electron chi connectivity index (χ0n) is 13.2. The quantitative estimate of drug-likeness (QED) is 0.370. The Bertz CT molecular complexity index is 458. The number of aryl methyl sites for hydroxylation is 1. The van der Waals surface area contributed by atoms with Crippen LogP contribution < -0.4 is 5.32 Å². The van der Waals surface area contributed by atoms with E-state index >= 15 is 0 Å². The van der Waals surface area contributed by atoms with E-state index in [4.69, 9.17) is 9.79 Å². The fourth-order valence-electron chi connectivity index (χ4n) is 2.21. The van der Waals surface area contributed by atoms with Crippen molar-refractivity contribution in [3.8, 4) is 0 Å². The van der Waals surface area contributed by atoms with Crippen LogP contribution in [0.25, 0.3) is 0 Å². The summed E-state index contributed by atoms with van der Waals surface area (Å²) in [4.78, 5) is 17.5. The molecule has 0 saturated heterocycles. The van der Waals surface area contributed by atoms with E-state index in [0.717, 1.165) is 12.0 Å². The number of nitrogens with one attached hydrogen (secondary N) is 1. The van der Waals surface area contributed by atoms with Crippen LogP contribution in [0.4, 0.5) is 0 Å². The fraction of sp³-hybridized carbons (Fsp3) is 0.625. The molecular weight excluding hydrogens is 301 g/mol. The molecule has 6 heteroatoms. The van der Waals surface area contributed by atoms with Gasteiger partial charge >= 0.3 is 7.60 Å². The van der Waals surface area contributed by atoms with Crippen LogP contribution in [0.3, 0.4) is 0 Å². The van der Waals surface area contributed by atoms with E-state index < -0.39 is 13.4 Å². The van der Waals surface area contributed by atoms with Crippen molar-refractivity contribution in [3.05, 3.63) is 35.4 Å². The zero-order chi connectivity index (χ0) is 16.4. The molecule has 0 radical (unpaired) electrons. The minimum absolute atomic E-state index is 0.0415. The molecule has 0 bridgehead atoms. The van der Waals surface area contributed by atoms with Crippen molar-refractivity contribution in [1.29, 1.82) is 0 Å². The van der Waals surface area contributed by atoms with Gasteiger partial charge in [0.15, 0.2) is 5.85 Å². The maximum atomic E-state index is 10.8. The minimum Gasteiger partial charge on any atom is -0.380 e. The lowest BCUT2D eigenvalue weighted by molar-refractivity contribution is 0.193. The molecule has 0 aliphatic carbocycles. The lowest BCUT2D eigenvalue weighted by Gasteiger charge is -2.12. The first kappa shape index (κ1) is 19.3. The number of hydrogen-bond donors (Lipinski definition) is 4. The van der Waals surface area contributed by atoms with Gasteiger partial charge in [-0.15, -0.1) is 0 Å². The topological polar surface area (TPSA) is 89.8 Å². The zero-order valence-corrected chi connectivity index (χ0v) is 14.1. The maximum Gasteiger partial charge on any atom is 0.353 e. The van der Waals surface area contributed by atoms with Gasteiger partial charge in [0, 0.05) is 6.54 Å². The Morgan fingerprint density at radius 2 is 1.73 bits per heavy atom. The molecule has 4 N–H and O–H groups in total. The highest BCUT2D eigenvalue weighted by Gasteiger charge is 2.25. The highest BCUT2D eigenvalue weighted by Crippen LogP contribution is 2.40. The Labute approximate surface area is 132 Å². The van der Waals surface area contributed by atoms with Gasteiger partial charge in [-0.3, -0.25) is 4.57 Å². The monoisotopic (exact) mass is 329 g/mol. The highest BCUT2D eigenvalue weighted by molar-refractivity contribution is 7.52. The third-order valence-electron chi connectivity index (χ3n) is 3.64. The third kappa shape index (κ3) is 8.06. The highest BCUT2D eigenvalue weighted by atomic mass is 31.2. The Kier molecular flexibility index (Phi) is 8.91. The number of aliphatic hydroxyl groups is 1. The summed E-state index contributed by atoms with van der Waals surface area (Å²) in [5.74, 6) is -1.58. The number of rotatable bonds is 11. The molecule has 0 heterocycles. The minimum atomic E-state index is -4.38. The van der Waals surface area contributed by atoms with E-state index in [-0.39, 0.29) is 6.42 Å². The Morgan fingerprint density at radius 1 is 1.09 bits per heavy atom. The Morgan fingerprint density at radius 3 is 2.32 bits per heavy atom. The third-order valence-corrected chi connectivity index (χ3v) is 4.67. The van der Waals surface area contributed by atoms with Crippen LogP contribution in [0.1, 0.15) is 50.2 Å². The van der Waals surface area contributed by atoms with E-state index in [1.807, 2.05) is 0 Å². The first-order valence-electron chi connectivity index (χ1n) is 7.95. The van der Waals surface area contributed by atoms with Crippen LogP contribution in [-0.2, 0) is 17.5 Å². The molecule has 22 heavy (non-hydrogen) atoms. The van der Waals surface area contributed by atoms with E-state index in [9.17, 15) is 9.67 Å². The second-order valence-electron chi connectivity index (χ2n) is 5.66. The molecule has 0 aliphatic rings. The summed E-state index contributed by atoms with van der Waals surface area (Å²) in [5, 5.41) is 12.3. The maximum absolute atomic E-state index is 10.8. The lowest BCUT2D eigenvalue weighted by atomic mass is 10.0. The lowest BCUT2D eigenvalue weighted by Crippen LogP contribution is -2.20. The van der Waals surface area contributed by atoms with Crippen molar-refractivity contribution in [2.24, 2.45) is 0 Å².